The van der Waals surface area contributed by atoms with E-state index in [4.69, 9.17) is 34.9 Å². The molecule has 3 rings (SSSR count). The van der Waals surface area contributed by atoms with Crippen molar-refractivity contribution in [2.24, 2.45) is 10.9 Å². The lowest BCUT2D eigenvalue weighted by molar-refractivity contribution is 0.115. The van der Waals surface area contributed by atoms with E-state index in [2.05, 4.69) is 29.1 Å². The monoisotopic (exact) mass is 570 g/mol. The van der Waals surface area contributed by atoms with Crippen LogP contribution in [0.3, 0.4) is 0 Å². The molecule has 40 heavy (non-hydrogen) atoms. The van der Waals surface area contributed by atoms with Gasteiger partial charge >= 0.3 is 0 Å². The minimum absolute atomic E-state index is 0.0825. The maximum absolute atomic E-state index is 8.73. The van der Waals surface area contributed by atoms with Crippen molar-refractivity contribution in [2.75, 3.05) is 60.3 Å². The summed E-state index contributed by atoms with van der Waals surface area (Å²) >= 11 is 1.77. The van der Waals surface area contributed by atoms with Crippen LogP contribution in [0.25, 0.3) is 11.3 Å². The average molecular weight is 571 g/mol. The molecular formula is C30H42N4O5S. The molecule has 1 heterocycles. The quantitative estimate of drug-likeness (QED) is 0.0683. The number of thiazole rings is 1. The van der Waals surface area contributed by atoms with Crippen molar-refractivity contribution in [1.29, 1.82) is 0 Å². The molecule has 218 valence electrons. The highest BCUT2D eigenvalue weighted by atomic mass is 32.1. The summed E-state index contributed by atoms with van der Waals surface area (Å²) in [4.78, 5) is 8.50. The van der Waals surface area contributed by atoms with Crippen LogP contribution in [0.15, 0.2) is 53.7 Å². The highest BCUT2D eigenvalue weighted by Gasteiger charge is 2.14. The molecule has 10 heteroatoms. The number of benzene rings is 2. The minimum Gasteiger partial charge on any atom is -0.494 e. The summed E-state index contributed by atoms with van der Waals surface area (Å²) in [5.74, 6) is 1.71. The molecule has 3 aromatic rings. The molecule has 0 bridgehead atoms. The fourth-order valence-electron chi connectivity index (χ4n) is 4.15. The van der Waals surface area contributed by atoms with Gasteiger partial charge in [0.05, 0.1) is 37.1 Å². The zero-order valence-corrected chi connectivity index (χ0v) is 24.6. The van der Waals surface area contributed by atoms with Gasteiger partial charge in [0.15, 0.2) is 5.84 Å². The molecule has 1 aromatic heterocycles. The summed E-state index contributed by atoms with van der Waals surface area (Å²) in [7, 11) is 3.47. The maximum atomic E-state index is 8.73. The number of oxime groups is 1. The first-order chi connectivity index (χ1) is 19.5. The number of unbranched alkanes of at least 4 members (excludes halogenated alkanes) is 2. The van der Waals surface area contributed by atoms with Gasteiger partial charge in [-0.25, -0.2) is 4.98 Å². The van der Waals surface area contributed by atoms with Crippen molar-refractivity contribution in [1.82, 2.24) is 9.88 Å². The third kappa shape index (κ3) is 10.4. The summed E-state index contributed by atoms with van der Waals surface area (Å²) in [6.45, 7) is 7.49. The number of nitrogens with two attached hydrogens (primary N) is 1. The normalized spacial score (nSPS) is 11.8. The van der Waals surface area contributed by atoms with E-state index in [0.29, 0.717) is 32.0 Å². The molecule has 3 N–H and O–H groups in total. The molecule has 2 aromatic carbocycles. The van der Waals surface area contributed by atoms with E-state index in [-0.39, 0.29) is 5.84 Å². The predicted octanol–water partition coefficient (Wildman–Crippen LogP) is 4.98. The number of aromatic nitrogens is 1. The molecule has 0 saturated carbocycles. The molecule has 0 radical (unpaired) electrons. The molecular weight excluding hydrogens is 528 g/mol. The van der Waals surface area contributed by atoms with Crippen molar-refractivity contribution < 1.29 is 24.2 Å². The van der Waals surface area contributed by atoms with E-state index < -0.39 is 0 Å². The second-order valence-electron chi connectivity index (χ2n) is 9.37. The zero-order chi connectivity index (χ0) is 28.6. The van der Waals surface area contributed by atoms with Gasteiger partial charge in [-0.1, -0.05) is 5.16 Å². The smallest absolute Gasteiger partial charge is 0.170 e. The molecule has 0 atom stereocenters. The van der Waals surface area contributed by atoms with Crippen molar-refractivity contribution in [3.8, 4) is 22.8 Å². The standard InChI is InChI=1S/C30H42N4O5S/c1-23-32-29(28(40-23)15-16-34(17-21-36-2)18-22-37-3)24-7-11-26(12-8-24)38-19-5-4-6-20-39-27-13-9-25(10-14-27)30(31)33-35/h7-14,35H,4-6,15-22H2,1-3H3,(H2,31,33). The molecule has 0 spiro atoms. The third-order valence-corrected chi connectivity index (χ3v) is 7.42. The van der Waals surface area contributed by atoms with Crippen LogP contribution in [-0.4, -0.2) is 81.2 Å². The third-order valence-electron chi connectivity index (χ3n) is 6.39. The van der Waals surface area contributed by atoms with Crippen LogP contribution in [0.5, 0.6) is 11.5 Å². The molecule has 0 amide bonds. The summed E-state index contributed by atoms with van der Waals surface area (Å²) in [5.41, 5.74) is 8.41. The summed E-state index contributed by atoms with van der Waals surface area (Å²) in [6.07, 6.45) is 3.83. The van der Waals surface area contributed by atoms with Gasteiger partial charge in [-0.05, 0) is 81.1 Å². The Labute approximate surface area is 241 Å². The topological polar surface area (TPSA) is 112 Å². The number of hydrogen-bond acceptors (Lipinski definition) is 9. The fourth-order valence-corrected chi connectivity index (χ4v) is 5.10. The maximum Gasteiger partial charge on any atom is 0.170 e. The Balaban J connectivity index is 1.40. The summed E-state index contributed by atoms with van der Waals surface area (Å²) in [5, 5.41) is 12.8. The first-order valence-corrected chi connectivity index (χ1v) is 14.5. The van der Waals surface area contributed by atoms with E-state index in [0.717, 1.165) is 73.1 Å². The van der Waals surface area contributed by atoms with E-state index in [9.17, 15) is 0 Å². The van der Waals surface area contributed by atoms with Crippen LogP contribution in [-0.2, 0) is 15.9 Å². The van der Waals surface area contributed by atoms with Gasteiger partial charge < -0.3 is 29.9 Å². The van der Waals surface area contributed by atoms with E-state index in [1.165, 1.54) is 4.88 Å². The fraction of sp³-hybridized carbons (Fsp3) is 0.467. The molecule has 0 unspecified atom stereocenters. The molecule has 0 saturated heterocycles. The molecule has 0 aliphatic carbocycles. The second-order valence-corrected chi connectivity index (χ2v) is 10.7. The van der Waals surface area contributed by atoms with Crippen molar-refractivity contribution >= 4 is 17.2 Å². The largest absolute Gasteiger partial charge is 0.494 e. The van der Waals surface area contributed by atoms with Crippen LogP contribution < -0.4 is 15.2 Å². The first-order valence-electron chi connectivity index (χ1n) is 13.6. The number of amidine groups is 1. The van der Waals surface area contributed by atoms with Crippen LogP contribution in [0.1, 0.15) is 34.7 Å². The summed E-state index contributed by atoms with van der Waals surface area (Å²) < 4.78 is 22.3. The van der Waals surface area contributed by atoms with Gasteiger partial charge in [-0.15, -0.1) is 11.3 Å². The first kappa shape index (κ1) is 31.3. The number of ether oxygens (including phenoxy) is 4. The molecule has 0 aliphatic heterocycles. The second kappa shape index (κ2) is 17.5. The number of aryl methyl sites for hydroxylation is 1. The van der Waals surface area contributed by atoms with E-state index >= 15 is 0 Å². The Morgan fingerprint density at radius 1 is 0.850 bits per heavy atom. The van der Waals surface area contributed by atoms with Crippen LogP contribution in [0, 0.1) is 6.92 Å². The lowest BCUT2D eigenvalue weighted by Gasteiger charge is -2.21. The van der Waals surface area contributed by atoms with Gasteiger partial charge in [0, 0.05) is 49.9 Å². The van der Waals surface area contributed by atoms with Gasteiger partial charge in [0.1, 0.15) is 11.5 Å². The minimum atomic E-state index is 0.0825. The van der Waals surface area contributed by atoms with Gasteiger partial charge in [-0.2, -0.15) is 0 Å². The van der Waals surface area contributed by atoms with Gasteiger partial charge in [0.2, 0.25) is 0 Å². The van der Waals surface area contributed by atoms with Crippen molar-refractivity contribution in [2.45, 2.75) is 32.6 Å². The van der Waals surface area contributed by atoms with Crippen LogP contribution in [0.4, 0.5) is 0 Å². The number of rotatable bonds is 19. The highest BCUT2D eigenvalue weighted by molar-refractivity contribution is 7.12. The Hall–Kier alpha value is -3.18. The Bertz CT molecular complexity index is 1140. The van der Waals surface area contributed by atoms with Crippen LogP contribution in [0.2, 0.25) is 0 Å². The Morgan fingerprint density at radius 2 is 1.43 bits per heavy atom. The number of nitrogens with zero attached hydrogens (tertiary/aromatic N) is 3. The van der Waals surface area contributed by atoms with E-state index in [1.807, 2.05) is 24.3 Å². The lowest BCUT2D eigenvalue weighted by Crippen LogP contribution is -2.32. The Kier molecular flexibility index (Phi) is 13.7. The highest BCUT2D eigenvalue weighted by Crippen LogP contribution is 2.30. The average Bonchev–Trinajstić information content (AvgIpc) is 3.36. The molecule has 9 nitrogen and oxygen atoms in total. The lowest BCUT2D eigenvalue weighted by atomic mass is 10.1. The van der Waals surface area contributed by atoms with Gasteiger partial charge in [-0.3, -0.25) is 4.90 Å². The molecule has 0 aliphatic rings. The summed E-state index contributed by atoms with van der Waals surface area (Å²) in [6, 6.07) is 15.4. The van der Waals surface area contributed by atoms with Crippen molar-refractivity contribution in [3.05, 3.63) is 64.0 Å². The predicted molar refractivity (Wildman–Crippen MR) is 160 cm³/mol. The van der Waals surface area contributed by atoms with Gasteiger partial charge in [0.25, 0.3) is 0 Å². The van der Waals surface area contributed by atoms with E-state index in [1.54, 1.807) is 37.7 Å². The van der Waals surface area contributed by atoms with Crippen LogP contribution >= 0.6 is 11.3 Å². The number of hydrogen-bond donors (Lipinski definition) is 2. The molecule has 0 fully saturated rings. The number of methoxy groups -OCH3 is 2. The zero-order valence-electron chi connectivity index (χ0n) is 23.8. The van der Waals surface area contributed by atoms with Crippen molar-refractivity contribution in [3.63, 3.8) is 0 Å². The Morgan fingerprint density at radius 3 is 1.98 bits per heavy atom. The SMILES string of the molecule is COCCN(CCOC)CCc1sc(C)nc1-c1ccc(OCCCCCOc2ccc(C(N)=NO)cc2)cc1.